The van der Waals surface area contributed by atoms with Crippen LogP contribution in [0.4, 0.5) is 0 Å². The number of benzene rings is 1. The van der Waals surface area contributed by atoms with Crippen LogP contribution in [0.2, 0.25) is 0 Å². The Bertz CT molecular complexity index is 1200. The van der Waals surface area contributed by atoms with E-state index < -0.39 is 0 Å². The van der Waals surface area contributed by atoms with Gasteiger partial charge in [-0.1, -0.05) is 0 Å². The highest BCUT2D eigenvalue weighted by molar-refractivity contribution is 5.95. The van der Waals surface area contributed by atoms with Crippen molar-refractivity contribution in [3.8, 4) is 5.75 Å². The second kappa shape index (κ2) is 7.71. The Morgan fingerprint density at radius 1 is 1.15 bits per heavy atom. The van der Waals surface area contributed by atoms with Gasteiger partial charge in [0.05, 0.1) is 12.2 Å². The van der Waals surface area contributed by atoms with Crippen molar-refractivity contribution < 1.29 is 14.3 Å². The van der Waals surface area contributed by atoms with Crippen molar-refractivity contribution in [1.29, 1.82) is 0 Å². The van der Waals surface area contributed by atoms with Gasteiger partial charge in [0.1, 0.15) is 17.7 Å². The van der Waals surface area contributed by atoms with Gasteiger partial charge in [-0.25, -0.2) is 4.98 Å². The van der Waals surface area contributed by atoms with Gasteiger partial charge < -0.3 is 19.5 Å². The zero-order valence-electron chi connectivity index (χ0n) is 18.8. The van der Waals surface area contributed by atoms with Crippen molar-refractivity contribution in [2.75, 3.05) is 19.6 Å². The Kier molecular flexibility index (Phi) is 4.78. The fourth-order valence-electron chi connectivity index (χ4n) is 5.33. The largest absolute Gasteiger partial charge is 0.490 e. The van der Waals surface area contributed by atoms with Crippen LogP contribution in [0.5, 0.6) is 5.75 Å². The van der Waals surface area contributed by atoms with E-state index in [1.54, 1.807) is 0 Å². The number of hydrogen-bond acceptors (Lipinski definition) is 5. The number of carbonyl (C=O) groups is 2. The Labute approximate surface area is 191 Å². The number of fused-ring (bicyclic) bond motifs is 2. The van der Waals surface area contributed by atoms with Crippen LogP contribution in [0.1, 0.15) is 65.1 Å². The van der Waals surface area contributed by atoms with Crippen LogP contribution in [-0.2, 0) is 24.2 Å². The number of nitrogens with zero attached hydrogens (tertiary/aromatic N) is 3. The molecule has 4 heterocycles. The maximum Gasteiger partial charge on any atom is 0.254 e. The molecule has 2 amide bonds. The van der Waals surface area contributed by atoms with Crippen molar-refractivity contribution in [2.45, 2.75) is 57.6 Å². The molecular weight excluding hydrogens is 420 g/mol. The molecule has 2 unspecified atom stereocenters. The maximum absolute atomic E-state index is 13.1. The number of rotatable bonds is 3. The summed E-state index contributed by atoms with van der Waals surface area (Å²) in [6.45, 7) is 4.17. The topological polar surface area (TPSA) is 95.6 Å². The van der Waals surface area contributed by atoms with Crippen LogP contribution < -0.4 is 10.3 Å². The van der Waals surface area contributed by atoms with Crippen LogP contribution in [0.15, 0.2) is 23.0 Å². The average Bonchev–Trinajstić information content (AvgIpc) is 3.41. The highest BCUT2D eigenvalue weighted by Crippen LogP contribution is 2.33. The summed E-state index contributed by atoms with van der Waals surface area (Å²) in [4.78, 5) is 49.8. The van der Waals surface area contributed by atoms with Crippen LogP contribution in [0.3, 0.4) is 0 Å². The van der Waals surface area contributed by atoms with Gasteiger partial charge in [0.25, 0.3) is 11.5 Å². The number of carbonyl (C=O) groups excluding carboxylic acids is 2. The molecule has 0 bridgehead atoms. The standard InChI is InChI=1S/C25H28N4O4/c1-14-10-18-11-16(4-5-21(18)33-14)25(32)28-8-6-17(12-28)22-26-20-13-29(24(31)15-2-3-15)9-7-19(20)23(30)27-22/h4-5,11,14-15,17H,2-3,6-10,12-13H2,1H3,(H,26,27,30). The highest BCUT2D eigenvalue weighted by atomic mass is 16.5. The number of hydrogen-bond donors (Lipinski definition) is 1. The second-order valence-electron chi connectivity index (χ2n) is 9.85. The van der Waals surface area contributed by atoms with E-state index in [0.717, 1.165) is 37.0 Å². The average molecular weight is 449 g/mol. The van der Waals surface area contributed by atoms with Gasteiger partial charge >= 0.3 is 0 Å². The summed E-state index contributed by atoms with van der Waals surface area (Å²) in [6.07, 6.45) is 4.20. The van der Waals surface area contributed by atoms with E-state index in [2.05, 4.69) is 4.98 Å². The molecule has 0 radical (unpaired) electrons. The summed E-state index contributed by atoms with van der Waals surface area (Å²) in [7, 11) is 0. The molecule has 8 heteroatoms. The minimum atomic E-state index is -0.106. The zero-order chi connectivity index (χ0) is 22.7. The number of aromatic nitrogens is 2. The smallest absolute Gasteiger partial charge is 0.254 e. The van der Waals surface area contributed by atoms with Gasteiger partial charge in [0, 0.05) is 49.0 Å². The summed E-state index contributed by atoms with van der Waals surface area (Å²) in [5.74, 6) is 1.84. The van der Waals surface area contributed by atoms with E-state index in [0.29, 0.717) is 55.2 Å². The number of amides is 2. The van der Waals surface area contributed by atoms with Crippen molar-refractivity contribution in [3.63, 3.8) is 0 Å². The Hall–Kier alpha value is -3.16. The fourth-order valence-corrected chi connectivity index (χ4v) is 5.33. The summed E-state index contributed by atoms with van der Waals surface area (Å²) in [5.41, 5.74) is 3.06. The van der Waals surface area contributed by atoms with Gasteiger partial charge in [0.2, 0.25) is 5.91 Å². The lowest BCUT2D eigenvalue weighted by Gasteiger charge is -2.28. The first-order valence-corrected chi connectivity index (χ1v) is 12.0. The third-order valence-electron chi connectivity index (χ3n) is 7.34. The number of nitrogens with one attached hydrogen (secondary N) is 1. The van der Waals surface area contributed by atoms with Gasteiger partial charge in [-0.05, 0) is 56.4 Å². The molecule has 1 N–H and O–H groups in total. The number of ether oxygens (including phenoxy) is 1. The van der Waals surface area contributed by atoms with E-state index >= 15 is 0 Å². The molecule has 2 atom stereocenters. The third kappa shape index (κ3) is 3.71. The number of likely N-dealkylation sites (tertiary alicyclic amines) is 1. The van der Waals surface area contributed by atoms with Crippen LogP contribution in [0, 0.1) is 5.92 Å². The van der Waals surface area contributed by atoms with Gasteiger partial charge in [-0.2, -0.15) is 0 Å². The van der Waals surface area contributed by atoms with Crippen molar-refractivity contribution in [2.24, 2.45) is 5.92 Å². The summed E-state index contributed by atoms with van der Waals surface area (Å²) >= 11 is 0. The molecule has 1 aromatic heterocycles. The lowest BCUT2D eigenvalue weighted by molar-refractivity contribution is -0.133. The molecule has 4 aliphatic rings. The molecule has 2 aromatic rings. The van der Waals surface area contributed by atoms with Crippen LogP contribution in [0.25, 0.3) is 0 Å². The normalized spacial score (nSPS) is 23.8. The van der Waals surface area contributed by atoms with Crippen molar-refractivity contribution in [3.05, 3.63) is 56.8 Å². The SMILES string of the molecule is CC1Cc2cc(C(=O)N3CCC(c4nc5c(c(=O)[nH]4)CCN(C(=O)C4CC4)C5)C3)ccc2O1. The van der Waals surface area contributed by atoms with Gasteiger partial charge in [-0.3, -0.25) is 14.4 Å². The third-order valence-corrected chi connectivity index (χ3v) is 7.34. The van der Waals surface area contributed by atoms with Crippen LogP contribution in [-0.4, -0.2) is 57.3 Å². The summed E-state index contributed by atoms with van der Waals surface area (Å²) < 4.78 is 5.75. The molecule has 3 aliphatic heterocycles. The number of aromatic amines is 1. The molecule has 8 nitrogen and oxygen atoms in total. The van der Waals surface area contributed by atoms with Crippen molar-refractivity contribution >= 4 is 11.8 Å². The van der Waals surface area contributed by atoms with E-state index in [1.807, 2.05) is 34.9 Å². The maximum atomic E-state index is 13.1. The molecule has 1 saturated heterocycles. The monoisotopic (exact) mass is 448 g/mol. The minimum Gasteiger partial charge on any atom is -0.490 e. The molecule has 2 fully saturated rings. The second-order valence-corrected chi connectivity index (χ2v) is 9.85. The molecule has 172 valence electrons. The Morgan fingerprint density at radius 2 is 2.00 bits per heavy atom. The minimum absolute atomic E-state index is 0.00126. The predicted octanol–water partition coefficient (Wildman–Crippen LogP) is 2.02. The van der Waals surface area contributed by atoms with E-state index in [4.69, 9.17) is 9.72 Å². The lowest BCUT2D eigenvalue weighted by atomic mass is 10.0. The first-order chi connectivity index (χ1) is 16.0. The van der Waals surface area contributed by atoms with Gasteiger partial charge in [-0.15, -0.1) is 0 Å². The fraction of sp³-hybridized carbons (Fsp3) is 0.520. The van der Waals surface area contributed by atoms with Crippen molar-refractivity contribution in [1.82, 2.24) is 19.8 Å². The molecular formula is C25H28N4O4. The highest BCUT2D eigenvalue weighted by Gasteiger charge is 2.36. The first-order valence-electron chi connectivity index (χ1n) is 12.0. The zero-order valence-corrected chi connectivity index (χ0v) is 18.8. The summed E-state index contributed by atoms with van der Waals surface area (Å²) in [6, 6.07) is 5.66. The summed E-state index contributed by atoms with van der Waals surface area (Å²) in [5, 5.41) is 0. The Morgan fingerprint density at radius 3 is 2.82 bits per heavy atom. The molecule has 1 aliphatic carbocycles. The molecule has 1 saturated carbocycles. The van der Waals surface area contributed by atoms with E-state index in [1.165, 1.54) is 0 Å². The first kappa shape index (κ1) is 20.4. The molecule has 0 spiro atoms. The van der Waals surface area contributed by atoms with Crippen LogP contribution >= 0.6 is 0 Å². The van der Waals surface area contributed by atoms with Gasteiger partial charge in [0.15, 0.2) is 0 Å². The number of H-pyrrole nitrogens is 1. The quantitative estimate of drug-likeness (QED) is 0.775. The molecule has 33 heavy (non-hydrogen) atoms. The molecule has 1 aromatic carbocycles. The predicted molar refractivity (Wildman–Crippen MR) is 120 cm³/mol. The molecule has 6 rings (SSSR count). The Balaban J connectivity index is 1.18. The van der Waals surface area contributed by atoms with E-state index in [9.17, 15) is 14.4 Å². The van der Waals surface area contributed by atoms with E-state index in [-0.39, 0.29) is 35.3 Å². The lowest BCUT2D eigenvalue weighted by Crippen LogP contribution is -2.40.